The van der Waals surface area contributed by atoms with Gasteiger partial charge >= 0.3 is 0 Å². The van der Waals surface area contributed by atoms with Crippen LogP contribution in [0.25, 0.3) is 0 Å². The Kier molecular flexibility index (Phi) is 5.43. The van der Waals surface area contributed by atoms with Crippen molar-refractivity contribution in [2.75, 3.05) is 40.3 Å². The molecular weight excluding hydrogens is 320 g/mol. The van der Waals surface area contributed by atoms with Gasteiger partial charge in [0.15, 0.2) is 5.96 Å². The molecule has 0 radical (unpaired) electrons. The zero-order chi connectivity index (χ0) is 17.8. The SMILES string of the molecule is CN=C(NCC(O)c1ccccc1OC)N1CCN(C2CC2)C(=O)C1. The molecule has 1 aliphatic carbocycles. The highest BCUT2D eigenvalue weighted by atomic mass is 16.5. The van der Waals surface area contributed by atoms with Crippen molar-refractivity contribution in [2.24, 2.45) is 4.99 Å². The molecule has 7 nitrogen and oxygen atoms in total. The van der Waals surface area contributed by atoms with Crippen LogP contribution in [0.1, 0.15) is 24.5 Å². The molecule has 3 rings (SSSR count). The third kappa shape index (κ3) is 4.04. The van der Waals surface area contributed by atoms with Crippen LogP contribution < -0.4 is 10.1 Å². The van der Waals surface area contributed by atoms with E-state index in [1.54, 1.807) is 14.2 Å². The first-order valence-corrected chi connectivity index (χ1v) is 8.70. The molecule has 1 amide bonds. The zero-order valence-corrected chi connectivity index (χ0v) is 14.8. The van der Waals surface area contributed by atoms with Crippen LogP contribution >= 0.6 is 0 Å². The molecule has 1 saturated heterocycles. The minimum Gasteiger partial charge on any atom is -0.496 e. The van der Waals surface area contributed by atoms with E-state index in [-0.39, 0.29) is 5.91 Å². The van der Waals surface area contributed by atoms with E-state index in [0.717, 1.165) is 31.5 Å². The van der Waals surface area contributed by atoms with E-state index in [9.17, 15) is 9.90 Å². The van der Waals surface area contributed by atoms with Crippen molar-refractivity contribution in [1.29, 1.82) is 0 Å². The van der Waals surface area contributed by atoms with Crippen LogP contribution in [0.3, 0.4) is 0 Å². The number of nitrogens with one attached hydrogen (secondary N) is 1. The number of aliphatic imine (C=N–C) groups is 1. The van der Waals surface area contributed by atoms with Gasteiger partial charge in [-0.2, -0.15) is 0 Å². The number of guanidine groups is 1. The average molecular weight is 346 g/mol. The van der Waals surface area contributed by atoms with Crippen molar-refractivity contribution in [3.05, 3.63) is 29.8 Å². The number of carbonyl (C=O) groups is 1. The van der Waals surface area contributed by atoms with Gasteiger partial charge in [-0.3, -0.25) is 9.79 Å². The molecule has 1 aliphatic heterocycles. The highest BCUT2D eigenvalue weighted by Gasteiger charge is 2.36. The second-order valence-electron chi connectivity index (χ2n) is 6.43. The topological polar surface area (TPSA) is 77.4 Å². The second kappa shape index (κ2) is 7.74. The summed E-state index contributed by atoms with van der Waals surface area (Å²) >= 11 is 0. The maximum atomic E-state index is 12.3. The monoisotopic (exact) mass is 346 g/mol. The Labute approximate surface area is 148 Å². The summed E-state index contributed by atoms with van der Waals surface area (Å²) in [4.78, 5) is 20.5. The van der Waals surface area contributed by atoms with Crippen LogP contribution in [0.15, 0.2) is 29.3 Å². The molecule has 2 N–H and O–H groups in total. The number of aliphatic hydroxyl groups excluding tert-OH is 1. The normalized spacial score (nSPS) is 19.8. The molecule has 25 heavy (non-hydrogen) atoms. The van der Waals surface area contributed by atoms with Crippen LogP contribution in [0.2, 0.25) is 0 Å². The molecule has 1 aromatic carbocycles. The molecule has 1 saturated carbocycles. The smallest absolute Gasteiger partial charge is 0.242 e. The van der Waals surface area contributed by atoms with E-state index < -0.39 is 6.10 Å². The maximum Gasteiger partial charge on any atom is 0.242 e. The molecule has 0 spiro atoms. The average Bonchev–Trinajstić information content (AvgIpc) is 3.47. The predicted octanol–water partition coefficient (Wildman–Crippen LogP) is 0.611. The van der Waals surface area contributed by atoms with Crippen LogP contribution in [0.5, 0.6) is 5.75 Å². The number of carbonyl (C=O) groups excluding carboxylic acids is 1. The molecule has 0 bridgehead atoms. The van der Waals surface area contributed by atoms with Crippen LogP contribution in [0.4, 0.5) is 0 Å². The Hall–Kier alpha value is -2.28. The fourth-order valence-electron chi connectivity index (χ4n) is 3.21. The Balaban J connectivity index is 1.56. The number of aliphatic hydroxyl groups is 1. The molecule has 136 valence electrons. The number of nitrogens with zero attached hydrogens (tertiary/aromatic N) is 3. The van der Waals surface area contributed by atoms with Gasteiger partial charge in [-0.15, -0.1) is 0 Å². The highest BCUT2D eigenvalue weighted by Crippen LogP contribution is 2.28. The number of hydrogen-bond acceptors (Lipinski definition) is 4. The van der Waals surface area contributed by atoms with Gasteiger partial charge in [0.05, 0.1) is 19.8 Å². The van der Waals surface area contributed by atoms with Gasteiger partial charge in [0.2, 0.25) is 5.91 Å². The lowest BCUT2D eigenvalue weighted by atomic mass is 10.1. The fourth-order valence-corrected chi connectivity index (χ4v) is 3.21. The molecule has 1 unspecified atom stereocenters. The van der Waals surface area contributed by atoms with E-state index in [2.05, 4.69) is 10.3 Å². The first-order valence-electron chi connectivity index (χ1n) is 8.70. The minimum atomic E-state index is -0.726. The third-order valence-corrected chi connectivity index (χ3v) is 4.71. The van der Waals surface area contributed by atoms with Crippen LogP contribution in [0, 0.1) is 0 Å². The predicted molar refractivity (Wildman–Crippen MR) is 95.6 cm³/mol. The molecule has 1 heterocycles. The quantitative estimate of drug-likeness (QED) is 0.603. The lowest BCUT2D eigenvalue weighted by molar-refractivity contribution is -0.135. The number of benzene rings is 1. The third-order valence-electron chi connectivity index (χ3n) is 4.71. The summed E-state index contributed by atoms with van der Waals surface area (Å²) in [5.41, 5.74) is 0.725. The van der Waals surface area contributed by atoms with Crippen molar-refractivity contribution in [3.8, 4) is 5.75 Å². The van der Waals surface area contributed by atoms with Crippen LogP contribution in [-0.2, 0) is 4.79 Å². The number of rotatable bonds is 5. The number of ether oxygens (including phenoxy) is 1. The van der Waals surface area contributed by atoms with E-state index in [1.807, 2.05) is 34.1 Å². The van der Waals surface area contributed by atoms with Gasteiger partial charge in [0, 0.05) is 38.3 Å². The molecule has 1 aromatic rings. The summed E-state index contributed by atoms with van der Waals surface area (Å²) < 4.78 is 5.29. The van der Waals surface area contributed by atoms with Crippen molar-refractivity contribution >= 4 is 11.9 Å². The molecule has 2 fully saturated rings. The zero-order valence-electron chi connectivity index (χ0n) is 14.8. The van der Waals surface area contributed by atoms with Crippen molar-refractivity contribution in [2.45, 2.75) is 25.0 Å². The van der Waals surface area contributed by atoms with E-state index in [0.29, 0.717) is 30.8 Å². The lowest BCUT2D eigenvalue weighted by Crippen LogP contribution is -2.56. The molecule has 0 aromatic heterocycles. The summed E-state index contributed by atoms with van der Waals surface area (Å²) in [5.74, 6) is 1.44. The van der Waals surface area contributed by atoms with Gasteiger partial charge < -0.3 is 25.0 Å². The van der Waals surface area contributed by atoms with Gasteiger partial charge in [0.1, 0.15) is 5.75 Å². The van der Waals surface area contributed by atoms with Crippen molar-refractivity contribution < 1.29 is 14.6 Å². The van der Waals surface area contributed by atoms with Gasteiger partial charge in [0.25, 0.3) is 0 Å². The van der Waals surface area contributed by atoms with E-state index in [1.165, 1.54) is 0 Å². The van der Waals surface area contributed by atoms with E-state index >= 15 is 0 Å². The molecular formula is C18H26N4O3. The Morgan fingerprint density at radius 3 is 2.80 bits per heavy atom. The van der Waals surface area contributed by atoms with E-state index in [4.69, 9.17) is 4.74 Å². The number of methoxy groups -OCH3 is 1. The second-order valence-corrected chi connectivity index (χ2v) is 6.43. The fraction of sp³-hybridized carbons (Fsp3) is 0.556. The lowest BCUT2D eigenvalue weighted by Gasteiger charge is -2.36. The Morgan fingerprint density at radius 2 is 2.16 bits per heavy atom. The summed E-state index contributed by atoms with van der Waals surface area (Å²) in [7, 11) is 3.28. The summed E-state index contributed by atoms with van der Waals surface area (Å²) in [5, 5.41) is 13.6. The highest BCUT2D eigenvalue weighted by molar-refractivity contribution is 5.88. The Morgan fingerprint density at radius 1 is 1.40 bits per heavy atom. The molecule has 7 heteroatoms. The molecule has 2 aliphatic rings. The maximum absolute atomic E-state index is 12.3. The van der Waals surface area contributed by atoms with Crippen LogP contribution in [-0.4, -0.2) is 73.2 Å². The summed E-state index contributed by atoms with van der Waals surface area (Å²) in [6, 6.07) is 7.85. The standard InChI is InChI=1S/C18H26N4O3/c1-19-18(21-9-10-22(13-7-8-13)17(24)12-21)20-11-15(23)14-5-3-4-6-16(14)25-2/h3-6,13,15,23H,7-12H2,1-2H3,(H,19,20). The number of para-hydroxylation sites is 1. The number of amides is 1. The van der Waals surface area contributed by atoms with Gasteiger partial charge in [-0.1, -0.05) is 18.2 Å². The minimum absolute atomic E-state index is 0.155. The first-order chi connectivity index (χ1) is 12.1. The summed E-state index contributed by atoms with van der Waals surface area (Å²) in [6.07, 6.45) is 1.53. The Bertz CT molecular complexity index is 645. The number of piperazine rings is 1. The van der Waals surface area contributed by atoms with Crippen molar-refractivity contribution in [3.63, 3.8) is 0 Å². The largest absolute Gasteiger partial charge is 0.496 e. The molecule has 1 atom stereocenters. The number of hydrogen-bond donors (Lipinski definition) is 2. The van der Waals surface area contributed by atoms with Gasteiger partial charge in [-0.05, 0) is 18.9 Å². The van der Waals surface area contributed by atoms with Gasteiger partial charge in [-0.25, -0.2) is 0 Å². The first kappa shape index (κ1) is 17.5. The van der Waals surface area contributed by atoms with Crippen molar-refractivity contribution in [1.82, 2.24) is 15.1 Å². The summed E-state index contributed by atoms with van der Waals surface area (Å²) in [6.45, 7) is 2.12.